The summed E-state index contributed by atoms with van der Waals surface area (Å²) in [5.74, 6) is 1.71. The number of benzene rings is 1. The second-order valence-corrected chi connectivity index (χ2v) is 9.62. The summed E-state index contributed by atoms with van der Waals surface area (Å²) >= 11 is 0. The number of ether oxygens (including phenoxy) is 3. The highest BCUT2D eigenvalue weighted by molar-refractivity contribution is 6.13. The molecular weight excluding hydrogens is 341 g/mol. The lowest BCUT2D eigenvalue weighted by Gasteiger charge is -2.65. The van der Waals surface area contributed by atoms with Gasteiger partial charge in [0.15, 0.2) is 23.4 Å². The van der Waals surface area contributed by atoms with E-state index in [0.29, 0.717) is 6.42 Å². The van der Waals surface area contributed by atoms with Gasteiger partial charge in [0.25, 0.3) is 0 Å². The maximum Gasteiger partial charge on any atom is 0.174 e. The Hall–Kier alpha value is -1.53. The number of likely N-dealkylation sites (N-methyl/N-ethyl adjacent to an activating group) is 1. The molecule has 5 nitrogen and oxygen atoms in total. The van der Waals surface area contributed by atoms with E-state index >= 15 is 0 Å². The van der Waals surface area contributed by atoms with Gasteiger partial charge in [-0.05, 0) is 58.3 Å². The van der Waals surface area contributed by atoms with Crippen molar-refractivity contribution in [2.24, 2.45) is 0 Å². The average Bonchev–Trinajstić information content (AvgIpc) is 2.95. The third-order valence-electron chi connectivity index (χ3n) is 7.18. The van der Waals surface area contributed by atoms with Crippen LogP contribution in [0.4, 0.5) is 0 Å². The number of piperidine rings is 1. The molecule has 1 saturated heterocycles. The van der Waals surface area contributed by atoms with Crippen LogP contribution in [0.3, 0.4) is 0 Å². The number of hydrogen-bond donors (Lipinski definition) is 0. The SMILES string of the molecule is BC(C)(C)OC12CCC(=O)C3Oc4c(OC)ccc5c4[C@@]31CCN(C)[C@@H]2C5. The number of ketones is 1. The molecule has 27 heavy (non-hydrogen) atoms. The molecule has 6 heteroatoms. The van der Waals surface area contributed by atoms with E-state index in [2.05, 4.69) is 39.7 Å². The molecule has 4 aliphatic rings. The van der Waals surface area contributed by atoms with E-state index in [1.165, 1.54) is 11.1 Å². The van der Waals surface area contributed by atoms with Crippen LogP contribution in [0.25, 0.3) is 0 Å². The van der Waals surface area contributed by atoms with Gasteiger partial charge in [-0.15, -0.1) is 0 Å². The number of nitrogens with zero attached hydrogens (tertiary/aromatic N) is 1. The van der Waals surface area contributed by atoms with Gasteiger partial charge >= 0.3 is 0 Å². The Balaban J connectivity index is 1.83. The molecule has 0 aromatic heterocycles. The fourth-order valence-corrected chi connectivity index (χ4v) is 6.41. The highest BCUT2D eigenvalue weighted by Gasteiger charge is 2.74. The lowest BCUT2D eigenvalue weighted by molar-refractivity contribution is -0.233. The number of carbonyl (C=O) groups excluding carboxylic acids is 1. The molecule has 5 rings (SSSR count). The molecule has 0 N–H and O–H groups in total. The molecule has 2 aliphatic carbocycles. The summed E-state index contributed by atoms with van der Waals surface area (Å²) in [6.07, 6.45) is 2.60. The van der Waals surface area contributed by atoms with Gasteiger partial charge in [0.2, 0.25) is 0 Å². The van der Waals surface area contributed by atoms with Crippen LogP contribution in [0.5, 0.6) is 11.5 Å². The van der Waals surface area contributed by atoms with Gasteiger partial charge in [0.05, 0.1) is 18.1 Å². The predicted octanol–water partition coefficient (Wildman–Crippen LogP) is 1.44. The lowest BCUT2D eigenvalue weighted by Crippen LogP contribution is -2.78. The van der Waals surface area contributed by atoms with E-state index in [4.69, 9.17) is 14.2 Å². The Bertz CT molecular complexity index is 834. The number of methoxy groups -OCH3 is 1. The first-order chi connectivity index (χ1) is 12.7. The van der Waals surface area contributed by atoms with E-state index in [9.17, 15) is 4.79 Å². The third-order valence-corrected chi connectivity index (χ3v) is 7.18. The number of carbonyl (C=O) groups is 1. The molecule has 2 aliphatic heterocycles. The van der Waals surface area contributed by atoms with E-state index in [0.717, 1.165) is 37.3 Å². The minimum Gasteiger partial charge on any atom is -0.493 e. The average molecular weight is 369 g/mol. The lowest BCUT2D eigenvalue weighted by atomic mass is 9.48. The Labute approximate surface area is 161 Å². The number of rotatable bonds is 3. The first-order valence-corrected chi connectivity index (χ1v) is 10.0. The molecular formula is C21H28BNO4. The van der Waals surface area contributed by atoms with Crippen molar-refractivity contribution in [1.82, 2.24) is 4.90 Å². The molecule has 4 atom stereocenters. The molecule has 2 fully saturated rings. The van der Waals surface area contributed by atoms with E-state index in [1.807, 2.05) is 6.07 Å². The molecule has 1 aromatic rings. The van der Waals surface area contributed by atoms with Gasteiger partial charge in [-0.1, -0.05) is 6.07 Å². The third kappa shape index (κ3) is 2.01. The molecule has 1 aromatic carbocycles. The molecule has 2 unspecified atom stereocenters. The smallest absolute Gasteiger partial charge is 0.174 e. The predicted molar refractivity (Wildman–Crippen MR) is 105 cm³/mol. The van der Waals surface area contributed by atoms with Crippen LogP contribution in [-0.2, 0) is 21.4 Å². The molecule has 0 amide bonds. The number of Topliss-reactive ketones (excluding diaryl/α,β-unsaturated/α-hetero) is 1. The Morgan fingerprint density at radius 1 is 1.33 bits per heavy atom. The minimum absolute atomic E-state index is 0.206. The molecule has 2 bridgehead atoms. The first-order valence-electron chi connectivity index (χ1n) is 10.0. The second-order valence-electron chi connectivity index (χ2n) is 9.62. The van der Waals surface area contributed by atoms with E-state index < -0.39 is 17.1 Å². The van der Waals surface area contributed by atoms with Crippen molar-refractivity contribution in [3.8, 4) is 11.5 Å². The zero-order valence-electron chi connectivity index (χ0n) is 16.9. The van der Waals surface area contributed by atoms with Gasteiger partial charge in [-0.25, -0.2) is 0 Å². The van der Waals surface area contributed by atoms with Gasteiger partial charge in [0.1, 0.15) is 7.85 Å². The summed E-state index contributed by atoms with van der Waals surface area (Å²) in [5, 5.41) is 0. The minimum atomic E-state index is -0.463. The number of likely N-dealkylation sites (tertiary alicyclic amines) is 1. The van der Waals surface area contributed by atoms with Crippen LogP contribution in [-0.4, -0.2) is 62.5 Å². The van der Waals surface area contributed by atoms with Gasteiger partial charge in [-0.3, -0.25) is 4.79 Å². The molecule has 0 radical (unpaired) electrons. The van der Waals surface area contributed by atoms with Crippen LogP contribution in [0.15, 0.2) is 12.1 Å². The van der Waals surface area contributed by atoms with Gasteiger partial charge in [0, 0.05) is 23.5 Å². The summed E-state index contributed by atoms with van der Waals surface area (Å²) in [6, 6.07) is 4.40. The quantitative estimate of drug-likeness (QED) is 0.755. The van der Waals surface area contributed by atoms with Crippen molar-refractivity contribution in [2.45, 2.75) is 68.2 Å². The maximum atomic E-state index is 13.1. The van der Waals surface area contributed by atoms with Crippen LogP contribution in [0.1, 0.15) is 44.2 Å². The van der Waals surface area contributed by atoms with Crippen molar-refractivity contribution in [1.29, 1.82) is 0 Å². The highest BCUT2D eigenvalue weighted by Crippen LogP contribution is 2.66. The molecule has 1 spiro atoms. The zero-order valence-corrected chi connectivity index (χ0v) is 16.9. The van der Waals surface area contributed by atoms with Crippen molar-refractivity contribution >= 4 is 13.6 Å². The Morgan fingerprint density at radius 3 is 2.81 bits per heavy atom. The Morgan fingerprint density at radius 2 is 2.11 bits per heavy atom. The summed E-state index contributed by atoms with van der Waals surface area (Å²) in [4.78, 5) is 15.5. The van der Waals surface area contributed by atoms with Crippen LogP contribution < -0.4 is 9.47 Å². The summed E-state index contributed by atoms with van der Waals surface area (Å²) < 4.78 is 19.0. The molecule has 144 valence electrons. The number of hydrogen-bond acceptors (Lipinski definition) is 5. The van der Waals surface area contributed by atoms with Crippen molar-refractivity contribution < 1.29 is 19.0 Å². The fourth-order valence-electron chi connectivity index (χ4n) is 6.41. The second kappa shape index (κ2) is 5.29. The molecule has 1 saturated carbocycles. The topological polar surface area (TPSA) is 48.0 Å². The van der Waals surface area contributed by atoms with E-state index in [-0.39, 0.29) is 17.3 Å². The summed E-state index contributed by atoms with van der Waals surface area (Å²) in [5.41, 5.74) is 1.35. The van der Waals surface area contributed by atoms with Crippen molar-refractivity contribution in [3.63, 3.8) is 0 Å². The zero-order chi connectivity index (χ0) is 19.2. The summed E-state index contributed by atoms with van der Waals surface area (Å²) in [7, 11) is 5.99. The standard InChI is InChI=1S/C21H28BNO4/c1-19(2,22)27-21-8-7-13(24)18-20(21)9-10-23(3)15(21)11-12-5-6-14(25-4)17(26-18)16(12)20/h5-6,15,18H,7-11,22H2,1-4H3/t15-,18?,20+,21?/m1/s1. The van der Waals surface area contributed by atoms with E-state index in [1.54, 1.807) is 7.11 Å². The molecule has 2 heterocycles. The largest absolute Gasteiger partial charge is 0.493 e. The van der Waals surface area contributed by atoms with Crippen LogP contribution in [0.2, 0.25) is 0 Å². The Kier molecular flexibility index (Phi) is 3.44. The van der Waals surface area contributed by atoms with Gasteiger partial charge in [-0.2, -0.15) is 0 Å². The first kappa shape index (κ1) is 17.6. The van der Waals surface area contributed by atoms with Crippen molar-refractivity contribution in [3.05, 3.63) is 23.3 Å². The van der Waals surface area contributed by atoms with Crippen LogP contribution >= 0.6 is 0 Å². The maximum absolute atomic E-state index is 13.1. The van der Waals surface area contributed by atoms with Crippen LogP contribution in [0, 0.1) is 0 Å². The summed E-state index contributed by atoms with van der Waals surface area (Å²) in [6.45, 7) is 5.19. The highest BCUT2D eigenvalue weighted by atomic mass is 16.5. The van der Waals surface area contributed by atoms with Gasteiger partial charge < -0.3 is 19.1 Å². The normalized spacial score (nSPS) is 37.0. The van der Waals surface area contributed by atoms with Crippen molar-refractivity contribution in [2.75, 3.05) is 20.7 Å². The fraction of sp³-hybridized carbons (Fsp3) is 0.667. The monoisotopic (exact) mass is 369 g/mol.